The first kappa shape index (κ1) is 17.1. The summed E-state index contributed by atoms with van der Waals surface area (Å²) >= 11 is 9.60. The van der Waals surface area contributed by atoms with Crippen LogP contribution >= 0.6 is 45.8 Å². The quantitative estimate of drug-likeness (QED) is 0.479. The molecule has 4 rings (SSSR count). The number of hydrogen-bond donors (Lipinski definition) is 2. The summed E-state index contributed by atoms with van der Waals surface area (Å²) in [4.78, 5) is 25.6. The number of nitrogens with zero attached hydrogens (tertiary/aromatic N) is 2. The van der Waals surface area contributed by atoms with Crippen molar-refractivity contribution in [1.29, 1.82) is 0 Å². The zero-order valence-corrected chi connectivity index (χ0v) is 15.9. The van der Waals surface area contributed by atoms with Crippen LogP contribution in [0.1, 0.15) is 20.7 Å². The molecule has 0 unspecified atom stereocenters. The summed E-state index contributed by atoms with van der Waals surface area (Å²) in [5, 5.41) is 20.2. The number of nitrogens with one attached hydrogen (secondary N) is 1. The first-order valence-corrected chi connectivity index (χ1v) is 10.1. The molecule has 0 aliphatic rings. The number of carboxylic acid groups (broad SMARTS) is 1. The summed E-state index contributed by atoms with van der Waals surface area (Å²) < 4.78 is 4.52. The van der Waals surface area contributed by atoms with Crippen molar-refractivity contribution in [2.24, 2.45) is 0 Å². The van der Waals surface area contributed by atoms with Crippen LogP contribution in [0.5, 0.6) is 0 Å². The van der Waals surface area contributed by atoms with Gasteiger partial charge in [-0.2, -0.15) is 0 Å². The summed E-state index contributed by atoms with van der Waals surface area (Å²) in [5.74, 6) is -1.49. The number of carbonyl (C=O) groups excluding carboxylic acids is 1. The number of halogens is 1. The van der Waals surface area contributed by atoms with Gasteiger partial charge in [-0.1, -0.05) is 28.2 Å². The van der Waals surface area contributed by atoms with E-state index in [9.17, 15) is 14.7 Å². The van der Waals surface area contributed by atoms with Gasteiger partial charge in [0.1, 0.15) is 5.56 Å². The molecule has 1 aromatic carbocycles. The van der Waals surface area contributed by atoms with E-state index in [1.807, 2.05) is 0 Å². The van der Waals surface area contributed by atoms with Crippen LogP contribution < -0.4 is 5.32 Å². The molecule has 0 spiro atoms. The largest absolute Gasteiger partial charge is 0.478 e. The number of amides is 1. The molecule has 0 bridgehead atoms. The number of aromatic nitrogens is 2. The summed E-state index contributed by atoms with van der Waals surface area (Å²) in [5.41, 5.74) is 1.48. The zero-order chi connectivity index (χ0) is 18.3. The van der Waals surface area contributed by atoms with Crippen LogP contribution in [-0.2, 0) is 0 Å². The first-order valence-electron chi connectivity index (χ1n) is 7.16. The second kappa shape index (κ2) is 6.76. The highest BCUT2D eigenvalue weighted by Gasteiger charge is 2.23. The minimum absolute atomic E-state index is 0.0552. The Morgan fingerprint density at radius 3 is 2.62 bits per heavy atom. The Labute approximate surface area is 163 Å². The molecule has 130 valence electrons. The summed E-state index contributed by atoms with van der Waals surface area (Å²) in [7, 11) is 0. The molecule has 4 aromatic rings. The molecular formula is C16H8ClN3O3S3. The molecule has 0 aliphatic carbocycles. The van der Waals surface area contributed by atoms with E-state index in [1.165, 1.54) is 22.7 Å². The molecule has 0 saturated heterocycles. The SMILES string of the molecule is O=C(O)c1c(NC(=O)c2csc3nnsc23)csc1-c1ccc(Cl)cc1. The number of benzene rings is 1. The van der Waals surface area contributed by atoms with E-state index in [0.717, 1.165) is 17.1 Å². The minimum Gasteiger partial charge on any atom is -0.478 e. The van der Waals surface area contributed by atoms with Crippen molar-refractivity contribution in [3.63, 3.8) is 0 Å². The van der Waals surface area contributed by atoms with Crippen LogP contribution in [0, 0.1) is 0 Å². The molecule has 3 aromatic heterocycles. The number of rotatable bonds is 4. The average molecular weight is 422 g/mol. The fourth-order valence-electron chi connectivity index (χ4n) is 2.41. The molecule has 0 fully saturated rings. The van der Waals surface area contributed by atoms with Crippen molar-refractivity contribution in [2.75, 3.05) is 5.32 Å². The minimum atomic E-state index is -1.11. The highest BCUT2D eigenvalue weighted by atomic mass is 35.5. The molecule has 2 N–H and O–H groups in total. The van der Waals surface area contributed by atoms with Gasteiger partial charge in [0.25, 0.3) is 5.91 Å². The third-order valence-corrected chi connectivity index (χ3v) is 6.63. The van der Waals surface area contributed by atoms with Crippen molar-refractivity contribution < 1.29 is 14.7 Å². The molecule has 10 heteroatoms. The molecule has 3 heterocycles. The first-order chi connectivity index (χ1) is 12.5. The lowest BCUT2D eigenvalue weighted by Gasteiger charge is -2.05. The highest BCUT2D eigenvalue weighted by molar-refractivity contribution is 7.24. The van der Waals surface area contributed by atoms with E-state index in [0.29, 0.717) is 25.0 Å². The Morgan fingerprint density at radius 1 is 1.12 bits per heavy atom. The number of aromatic carboxylic acids is 1. The van der Waals surface area contributed by atoms with Crippen molar-refractivity contribution in [3.05, 3.63) is 51.2 Å². The molecular weight excluding hydrogens is 414 g/mol. The second-order valence-electron chi connectivity index (χ2n) is 5.18. The zero-order valence-electron chi connectivity index (χ0n) is 12.7. The van der Waals surface area contributed by atoms with Crippen LogP contribution in [-0.4, -0.2) is 26.6 Å². The fourth-order valence-corrected chi connectivity index (χ4v) is 5.26. The Morgan fingerprint density at radius 2 is 1.88 bits per heavy atom. The molecule has 0 radical (unpaired) electrons. The number of hydrogen-bond acceptors (Lipinski definition) is 7. The predicted molar refractivity (Wildman–Crippen MR) is 105 cm³/mol. The van der Waals surface area contributed by atoms with Gasteiger partial charge >= 0.3 is 5.97 Å². The van der Waals surface area contributed by atoms with Gasteiger partial charge in [0.05, 0.1) is 20.8 Å². The third-order valence-electron chi connectivity index (χ3n) is 3.60. The molecule has 0 aliphatic heterocycles. The maximum Gasteiger partial charge on any atom is 0.339 e. The standard InChI is InChI=1S/C16H8ClN3O3S3/c17-8-3-1-7(2-4-8)12-11(16(22)23)10(6-24-12)18-14(21)9-5-25-15-13(9)26-20-19-15/h1-6H,(H,18,21)(H,22,23). The lowest BCUT2D eigenvalue weighted by atomic mass is 10.1. The number of carbonyl (C=O) groups is 2. The average Bonchev–Trinajstić information content (AvgIpc) is 3.30. The van der Waals surface area contributed by atoms with Gasteiger partial charge < -0.3 is 10.4 Å². The lowest BCUT2D eigenvalue weighted by molar-refractivity contribution is 0.0699. The number of fused-ring (bicyclic) bond motifs is 1. The molecule has 0 saturated carbocycles. The van der Waals surface area contributed by atoms with Crippen molar-refractivity contribution >= 4 is 72.9 Å². The smallest absolute Gasteiger partial charge is 0.339 e. The predicted octanol–water partition coefficient (Wildman–Crippen LogP) is 5.09. The summed E-state index contributed by atoms with van der Waals surface area (Å²) in [6.45, 7) is 0. The van der Waals surface area contributed by atoms with Gasteiger partial charge in [-0.25, -0.2) is 4.79 Å². The van der Waals surface area contributed by atoms with Crippen LogP contribution in [0.4, 0.5) is 5.69 Å². The Hall–Kier alpha value is -2.33. The van der Waals surface area contributed by atoms with Gasteiger partial charge in [-0.3, -0.25) is 4.79 Å². The maximum absolute atomic E-state index is 12.6. The second-order valence-corrected chi connectivity index (χ2v) is 8.10. The lowest BCUT2D eigenvalue weighted by Crippen LogP contribution is -2.13. The van der Waals surface area contributed by atoms with Gasteiger partial charge in [-0.15, -0.1) is 27.8 Å². The van der Waals surface area contributed by atoms with Crippen LogP contribution in [0.25, 0.3) is 20.0 Å². The van der Waals surface area contributed by atoms with Gasteiger partial charge in [0.2, 0.25) is 0 Å². The van der Waals surface area contributed by atoms with E-state index in [1.54, 1.807) is 35.0 Å². The van der Waals surface area contributed by atoms with Gasteiger partial charge in [-0.05, 0) is 29.2 Å². The Kier molecular flexibility index (Phi) is 4.45. The summed E-state index contributed by atoms with van der Waals surface area (Å²) in [6, 6.07) is 6.88. The topological polar surface area (TPSA) is 92.2 Å². The number of anilines is 1. The van der Waals surface area contributed by atoms with E-state index >= 15 is 0 Å². The fraction of sp³-hybridized carbons (Fsp3) is 0. The van der Waals surface area contributed by atoms with Crippen LogP contribution in [0.15, 0.2) is 35.0 Å². The highest BCUT2D eigenvalue weighted by Crippen LogP contribution is 2.37. The molecule has 0 atom stereocenters. The van der Waals surface area contributed by atoms with E-state index in [2.05, 4.69) is 14.9 Å². The van der Waals surface area contributed by atoms with Crippen LogP contribution in [0.3, 0.4) is 0 Å². The summed E-state index contributed by atoms with van der Waals surface area (Å²) in [6.07, 6.45) is 0. The van der Waals surface area contributed by atoms with Crippen molar-refractivity contribution in [1.82, 2.24) is 9.59 Å². The van der Waals surface area contributed by atoms with Crippen molar-refractivity contribution in [2.45, 2.75) is 0 Å². The Balaban J connectivity index is 1.71. The molecule has 1 amide bonds. The third kappa shape index (κ3) is 2.99. The maximum atomic E-state index is 12.6. The van der Waals surface area contributed by atoms with E-state index < -0.39 is 5.97 Å². The van der Waals surface area contributed by atoms with Crippen LogP contribution in [0.2, 0.25) is 5.02 Å². The van der Waals surface area contributed by atoms with Gasteiger partial charge in [0, 0.05) is 15.8 Å². The Bertz CT molecular complexity index is 1130. The van der Waals surface area contributed by atoms with Gasteiger partial charge in [0.15, 0.2) is 4.83 Å². The van der Waals surface area contributed by atoms with E-state index in [-0.39, 0.29) is 17.2 Å². The van der Waals surface area contributed by atoms with E-state index in [4.69, 9.17) is 11.6 Å². The van der Waals surface area contributed by atoms with Crippen molar-refractivity contribution in [3.8, 4) is 10.4 Å². The number of carboxylic acids is 1. The molecule has 6 nitrogen and oxygen atoms in total. The normalized spacial score (nSPS) is 11.0. The number of thiophene rings is 2. The molecule has 26 heavy (non-hydrogen) atoms. The monoisotopic (exact) mass is 421 g/mol.